The number of hydrogen-bond donors (Lipinski definition) is 1. The van der Waals surface area contributed by atoms with E-state index >= 15 is 0 Å². The second kappa shape index (κ2) is 4.11. The molecule has 2 fully saturated rings. The summed E-state index contributed by atoms with van der Waals surface area (Å²) in [7, 11) is 0. The standard InChI is InChI=1S/C10H17N3O/c1-2-4-13-7-6-12-5-3-11-8-9(12)10(13)14/h2,9,11H,1,3-8H2. The van der Waals surface area contributed by atoms with Gasteiger partial charge in [-0.3, -0.25) is 9.69 Å². The summed E-state index contributed by atoms with van der Waals surface area (Å²) in [5.41, 5.74) is 0. The summed E-state index contributed by atoms with van der Waals surface area (Å²) >= 11 is 0. The molecule has 14 heavy (non-hydrogen) atoms. The van der Waals surface area contributed by atoms with E-state index in [2.05, 4.69) is 16.8 Å². The van der Waals surface area contributed by atoms with E-state index in [1.807, 2.05) is 4.90 Å². The second-order valence-corrected chi connectivity index (χ2v) is 3.83. The van der Waals surface area contributed by atoms with Gasteiger partial charge in [-0.05, 0) is 0 Å². The van der Waals surface area contributed by atoms with Gasteiger partial charge in [0.05, 0.1) is 0 Å². The largest absolute Gasteiger partial charge is 0.336 e. The quantitative estimate of drug-likeness (QED) is 0.591. The molecular weight excluding hydrogens is 178 g/mol. The average Bonchev–Trinajstić information content (AvgIpc) is 2.23. The van der Waals surface area contributed by atoms with Crippen molar-refractivity contribution in [2.45, 2.75) is 6.04 Å². The van der Waals surface area contributed by atoms with E-state index in [4.69, 9.17) is 0 Å². The summed E-state index contributed by atoms with van der Waals surface area (Å²) < 4.78 is 0. The molecule has 0 radical (unpaired) electrons. The van der Waals surface area contributed by atoms with Crippen molar-refractivity contribution in [2.75, 3.05) is 39.3 Å². The number of nitrogens with one attached hydrogen (secondary N) is 1. The normalized spacial score (nSPS) is 28.7. The minimum atomic E-state index is 0.0671. The highest BCUT2D eigenvalue weighted by atomic mass is 16.2. The Kier molecular flexibility index (Phi) is 2.84. The van der Waals surface area contributed by atoms with Gasteiger partial charge in [0.1, 0.15) is 6.04 Å². The summed E-state index contributed by atoms with van der Waals surface area (Å²) in [5, 5.41) is 3.26. The third-order valence-electron chi connectivity index (χ3n) is 2.96. The first kappa shape index (κ1) is 9.68. The predicted molar refractivity (Wildman–Crippen MR) is 55.0 cm³/mol. The van der Waals surface area contributed by atoms with Crippen molar-refractivity contribution < 1.29 is 4.79 Å². The van der Waals surface area contributed by atoms with Crippen LogP contribution in [0.15, 0.2) is 12.7 Å². The lowest BCUT2D eigenvalue weighted by Crippen LogP contribution is -2.63. The molecule has 4 nitrogen and oxygen atoms in total. The molecule has 2 rings (SSSR count). The number of carbonyl (C=O) groups is 1. The van der Waals surface area contributed by atoms with Crippen molar-refractivity contribution in [3.8, 4) is 0 Å². The highest BCUT2D eigenvalue weighted by molar-refractivity contribution is 5.83. The molecule has 0 aromatic heterocycles. The van der Waals surface area contributed by atoms with E-state index in [1.54, 1.807) is 6.08 Å². The van der Waals surface area contributed by atoms with E-state index in [0.717, 1.165) is 32.7 Å². The summed E-state index contributed by atoms with van der Waals surface area (Å²) in [4.78, 5) is 16.1. The molecule has 0 spiro atoms. The van der Waals surface area contributed by atoms with Gasteiger partial charge in [0.2, 0.25) is 5.91 Å². The number of piperazine rings is 2. The van der Waals surface area contributed by atoms with Gasteiger partial charge in [-0.1, -0.05) is 6.08 Å². The molecular formula is C10H17N3O. The fourth-order valence-electron chi connectivity index (χ4n) is 2.16. The summed E-state index contributed by atoms with van der Waals surface area (Å²) in [6.45, 7) is 9.01. The van der Waals surface area contributed by atoms with Crippen LogP contribution in [0, 0.1) is 0 Å². The maximum atomic E-state index is 11.9. The van der Waals surface area contributed by atoms with Gasteiger partial charge < -0.3 is 10.2 Å². The number of carbonyl (C=O) groups excluding carboxylic acids is 1. The van der Waals surface area contributed by atoms with Crippen LogP contribution in [0.5, 0.6) is 0 Å². The zero-order valence-electron chi connectivity index (χ0n) is 8.41. The van der Waals surface area contributed by atoms with Crippen molar-refractivity contribution in [1.29, 1.82) is 0 Å². The van der Waals surface area contributed by atoms with Crippen molar-refractivity contribution in [1.82, 2.24) is 15.1 Å². The molecule has 1 atom stereocenters. The number of fused-ring (bicyclic) bond motifs is 1. The Hall–Kier alpha value is -0.870. The molecule has 0 aromatic rings. The Balaban J connectivity index is 2.03. The van der Waals surface area contributed by atoms with Gasteiger partial charge in [-0.25, -0.2) is 0 Å². The smallest absolute Gasteiger partial charge is 0.241 e. The predicted octanol–water partition coefficient (Wildman–Crippen LogP) is -0.712. The van der Waals surface area contributed by atoms with E-state index in [-0.39, 0.29) is 11.9 Å². The maximum absolute atomic E-state index is 11.9. The molecule has 1 unspecified atom stereocenters. The van der Waals surface area contributed by atoms with Crippen LogP contribution in [0.1, 0.15) is 0 Å². The third kappa shape index (κ3) is 1.67. The van der Waals surface area contributed by atoms with Crippen molar-refractivity contribution in [3.63, 3.8) is 0 Å². The van der Waals surface area contributed by atoms with Crippen molar-refractivity contribution in [2.24, 2.45) is 0 Å². The Morgan fingerprint density at radius 2 is 2.36 bits per heavy atom. The van der Waals surface area contributed by atoms with Gasteiger partial charge in [-0.2, -0.15) is 0 Å². The maximum Gasteiger partial charge on any atom is 0.241 e. The molecule has 1 amide bonds. The first-order valence-corrected chi connectivity index (χ1v) is 5.17. The molecule has 0 aliphatic carbocycles. The minimum absolute atomic E-state index is 0.0671. The lowest BCUT2D eigenvalue weighted by molar-refractivity contribution is -0.141. The van der Waals surface area contributed by atoms with Gasteiger partial charge in [-0.15, -0.1) is 6.58 Å². The SMILES string of the molecule is C=CCN1CCN2CCNCC2C1=O. The monoisotopic (exact) mass is 195 g/mol. The van der Waals surface area contributed by atoms with Crippen LogP contribution in [-0.2, 0) is 4.79 Å². The number of hydrogen-bond acceptors (Lipinski definition) is 3. The van der Waals surface area contributed by atoms with Crippen LogP contribution < -0.4 is 5.32 Å². The molecule has 2 heterocycles. The summed E-state index contributed by atoms with van der Waals surface area (Å²) in [5.74, 6) is 0.253. The second-order valence-electron chi connectivity index (χ2n) is 3.83. The van der Waals surface area contributed by atoms with Crippen LogP contribution in [0.3, 0.4) is 0 Å². The van der Waals surface area contributed by atoms with E-state index < -0.39 is 0 Å². The molecule has 4 heteroatoms. The molecule has 2 aliphatic heterocycles. The van der Waals surface area contributed by atoms with E-state index in [1.165, 1.54) is 0 Å². The third-order valence-corrected chi connectivity index (χ3v) is 2.96. The van der Waals surface area contributed by atoms with Crippen LogP contribution in [-0.4, -0.2) is 61.0 Å². The van der Waals surface area contributed by atoms with Gasteiger partial charge in [0.25, 0.3) is 0 Å². The van der Waals surface area contributed by atoms with Crippen LogP contribution in [0.25, 0.3) is 0 Å². The Morgan fingerprint density at radius 1 is 1.50 bits per heavy atom. The zero-order chi connectivity index (χ0) is 9.97. The van der Waals surface area contributed by atoms with Crippen LogP contribution in [0.4, 0.5) is 0 Å². The van der Waals surface area contributed by atoms with Gasteiger partial charge in [0.15, 0.2) is 0 Å². The summed E-state index contributed by atoms with van der Waals surface area (Å²) in [6.07, 6.45) is 1.80. The number of amides is 1. The highest BCUT2D eigenvalue weighted by Gasteiger charge is 2.35. The topological polar surface area (TPSA) is 35.6 Å². The van der Waals surface area contributed by atoms with Crippen LogP contribution >= 0.6 is 0 Å². The fraction of sp³-hybridized carbons (Fsp3) is 0.700. The highest BCUT2D eigenvalue weighted by Crippen LogP contribution is 2.12. The lowest BCUT2D eigenvalue weighted by Gasteiger charge is -2.42. The first-order chi connectivity index (χ1) is 6.83. The minimum Gasteiger partial charge on any atom is -0.336 e. The van der Waals surface area contributed by atoms with E-state index in [0.29, 0.717) is 6.54 Å². The Morgan fingerprint density at radius 3 is 3.14 bits per heavy atom. The molecule has 0 bridgehead atoms. The Bertz CT molecular complexity index is 242. The lowest BCUT2D eigenvalue weighted by atomic mass is 10.1. The molecule has 78 valence electrons. The fourth-order valence-corrected chi connectivity index (χ4v) is 2.16. The number of nitrogens with zero attached hydrogens (tertiary/aromatic N) is 2. The molecule has 0 saturated carbocycles. The first-order valence-electron chi connectivity index (χ1n) is 5.17. The molecule has 2 aliphatic rings. The van der Waals surface area contributed by atoms with E-state index in [9.17, 15) is 4.79 Å². The molecule has 1 N–H and O–H groups in total. The van der Waals surface area contributed by atoms with Crippen LogP contribution in [0.2, 0.25) is 0 Å². The Labute approximate surface area is 84.6 Å². The van der Waals surface area contributed by atoms with Crippen molar-refractivity contribution in [3.05, 3.63) is 12.7 Å². The van der Waals surface area contributed by atoms with Crippen molar-refractivity contribution >= 4 is 5.91 Å². The van der Waals surface area contributed by atoms with Gasteiger partial charge >= 0.3 is 0 Å². The molecule has 0 aromatic carbocycles. The number of rotatable bonds is 2. The summed E-state index contributed by atoms with van der Waals surface area (Å²) in [6, 6.07) is 0.0671. The average molecular weight is 195 g/mol. The molecule has 2 saturated heterocycles. The van der Waals surface area contributed by atoms with Gasteiger partial charge in [0, 0.05) is 39.3 Å². The zero-order valence-corrected chi connectivity index (χ0v) is 8.41.